The molecule has 1 aromatic rings. The molecule has 0 saturated heterocycles. The molecule has 0 bridgehead atoms. The van der Waals surface area contributed by atoms with Gasteiger partial charge >= 0.3 is 0 Å². The SMILES string of the molecule is CC(C#N)c1c(Cl)ccc(F)c1Cl. The molecule has 1 aromatic carbocycles. The van der Waals surface area contributed by atoms with Crippen molar-refractivity contribution in [1.82, 2.24) is 0 Å². The average Bonchev–Trinajstić information content (AvgIpc) is 2.12. The summed E-state index contributed by atoms with van der Waals surface area (Å²) in [5.41, 5.74) is 0.353. The van der Waals surface area contributed by atoms with Crippen LogP contribution in [0.4, 0.5) is 4.39 Å². The van der Waals surface area contributed by atoms with E-state index in [1.807, 2.05) is 6.07 Å². The van der Waals surface area contributed by atoms with Crippen LogP contribution in [-0.4, -0.2) is 0 Å². The molecule has 1 nitrogen and oxygen atoms in total. The molecule has 1 unspecified atom stereocenters. The molecule has 0 aliphatic rings. The van der Waals surface area contributed by atoms with Crippen LogP contribution in [0.15, 0.2) is 12.1 Å². The lowest BCUT2D eigenvalue weighted by Crippen LogP contribution is -1.94. The lowest BCUT2D eigenvalue weighted by molar-refractivity contribution is 0.625. The van der Waals surface area contributed by atoms with Gasteiger partial charge in [0.05, 0.1) is 17.0 Å². The van der Waals surface area contributed by atoms with Crippen molar-refractivity contribution >= 4 is 23.2 Å². The fourth-order valence-electron chi connectivity index (χ4n) is 1.00. The van der Waals surface area contributed by atoms with Crippen LogP contribution in [0.3, 0.4) is 0 Å². The van der Waals surface area contributed by atoms with Gasteiger partial charge in [-0.15, -0.1) is 0 Å². The summed E-state index contributed by atoms with van der Waals surface area (Å²) < 4.78 is 13.0. The maximum absolute atomic E-state index is 13.0. The summed E-state index contributed by atoms with van der Waals surface area (Å²) in [5, 5.41) is 8.89. The first kappa shape index (κ1) is 10.3. The van der Waals surface area contributed by atoms with Crippen molar-refractivity contribution in [2.45, 2.75) is 12.8 Å². The summed E-state index contributed by atoms with van der Waals surface area (Å²) in [5.74, 6) is -1.06. The van der Waals surface area contributed by atoms with E-state index < -0.39 is 11.7 Å². The van der Waals surface area contributed by atoms with Gasteiger partial charge in [0.25, 0.3) is 0 Å². The molecule has 4 heteroatoms. The zero-order valence-corrected chi connectivity index (χ0v) is 8.33. The molecule has 0 fully saturated rings. The number of hydrogen-bond donors (Lipinski definition) is 0. The van der Waals surface area contributed by atoms with Crippen LogP contribution < -0.4 is 0 Å². The fraction of sp³-hybridized carbons (Fsp3) is 0.222. The first-order chi connectivity index (χ1) is 6.07. The zero-order valence-electron chi connectivity index (χ0n) is 6.81. The molecule has 1 rings (SSSR count). The van der Waals surface area contributed by atoms with E-state index in [9.17, 15) is 4.39 Å². The van der Waals surface area contributed by atoms with E-state index >= 15 is 0 Å². The molecule has 0 amide bonds. The minimum absolute atomic E-state index is 0.0680. The molecule has 0 spiro atoms. The van der Waals surface area contributed by atoms with Crippen molar-refractivity contribution in [2.75, 3.05) is 0 Å². The smallest absolute Gasteiger partial charge is 0.142 e. The highest BCUT2D eigenvalue weighted by atomic mass is 35.5. The van der Waals surface area contributed by atoms with Gasteiger partial charge in [0.15, 0.2) is 0 Å². The molecule has 13 heavy (non-hydrogen) atoms. The monoisotopic (exact) mass is 217 g/mol. The van der Waals surface area contributed by atoms with Gasteiger partial charge in [-0.05, 0) is 19.1 Å². The second-order valence-corrected chi connectivity index (χ2v) is 3.39. The van der Waals surface area contributed by atoms with Gasteiger partial charge in [-0.25, -0.2) is 4.39 Å². The highest BCUT2D eigenvalue weighted by Crippen LogP contribution is 2.32. The zero-order chi connectivity index (χ0) is 10.0. The third-order valence-corrected chi connectivity index (χ3v) is 2.42. The molecule has 0 aliphatic carbocycles. The standard InChI is InChI=1S/C9H6Cl2FN/c1-5(4-13)8-6(10)2-3-7(12)9(8)11/h2-3,5H,1H3. The largest absolute Gasteiger partial charge is 0.205 e. The first-order valence-electron chi connectivity index (χ1n) is 3.61. The number of nitriles is 1. The molecule has 68 valence electrons. The Balaban J connectivity index is 3.35. The summed E-state index contributed by atoms with van der Waals surface area (Å²) >= 11 is 11.4. The van der Waals surface area contributed by atoms with Crippen LogP contribution in [0.5, 0.6) is 0 Å². The van der Waals surface area contributed by atoms with E-state index in [2.05, 4.69) is 0 Å². The number of benzene rings is 1. The number of rotatable bonds is 1. The summed E-state index contributed by atoms with van der Waals surface area (Å²) in [7, 11) is 0. The van der Waals surface area contributed by atoms with E-state index in [1.165, 1.54) is 12.1 Å². The lowest BCUT2D eigenvalue weighted by Gasteiger charge is -2.08. The molecule has 1 atom stereocenters. The van der Waals surface area contributed by atoms with Crippen molar-refractivity contribution in [2.24, 2.45) is 0 Å². The van der Waals surface area contributed by atoms with Gasteiger partial charge in [-0.1, -0.05) is 23.2 Å². The van der Waals surface area contributed by atoms with Gasteiger partial charge in [-0.2, -0.15) is 5.26 Å². The fourth-order valence-corrected chi connectivity index (χ4v) is 1.70. The number of hydrogen-bond acceptors (Lipinski definition) is 1. The van der Waals surface area contributed by atoms with Crippen molar-refractivity contribution in [3.8, 4) is 6.07 Å². The van der Waals surface area contributed by atoms with Crippen LogP contribution in [0.1, 0.15) is 18.4 Å². The summed E-state index contributed by atoms with van der Waals surface area (Å²) in [4.78, 5) is 0. The Morgan fingerprint density at radius 1 is 1.46 bits per heavy atom. The van der Waals surface area contributed by atoms with E-state index in [-0.39, 0.29) is 5.02 Å². The molecule has 0 N–H and O–H groups in total. The van der Waals surface area contributed by atoms with Crippen molar-refractivity contribution in [3.05, 3.63) is 33.6 Å². The van der Waals surface area contributed by atoms with Crippen molar-refractivity contribution in [1.29, 1.82) is 5.26 Å². The van der Waals surface area contributed by atoms with Crippen LogP contribution in [0.25, 0.3) is 0 Å². The molecule has 0 heterocycles. The van der Waals surface area contributed by atoms with E-state index in [0.717, 1.165) is 0 Å². The lowest BCUT2D eigenvalue weighted by atomic mass is 10.0. The Hall–Kier alpha value is -0.780. The topological polar surface area (TPSA) is 23.8 Å². The highest BCUT2D eigenvalue weighted by molar-refractivity contribution is 6.36. The third-order valence-electron chi connectivity index (χ3n) is 1.71. The van der Waals surface area contributed by atoms with Gasteiger partial charge in [0, 0.05) is 10.6 Å². The van der Waals surface area contributed by atoms with Crippen LogP contribution in [0, 0.1) is 17.1 Å². The normalized spacial score (nSPS) is 12.2. The Morgan fingerprint density at radius 3 is 2.62 bits per heavy atom. The predicted octanol–water partition coefficient (Wildman–Crippen LogP) is 3.76. The average molecular weight is 218 g/mol. The maximum atomic E-state index is 13.0. The molecule has 0 aliphatic heterocycles. The van der Waals surface area contributed by atoms with E-state index in [0.29, 0.717) is 10.6 Å². The Morgan fingerprint density at radius 2 is 2.08 bits per heavy atom. The van der Waals surface area contributed by atoms with Crippen molar-refractivity contribution in [3.63, 3.8) is 0 Å². The molecular formula is C9H6Cl2FN. The minimum atomic E-state index is -0.553. The summed E-state index contributed by atoms with van der Waals surface area (Å²) in [6.45, 7) is 1.62. The molecule has 0 aromatic heterocycles. The second-order valence-electron chi connectivity index (χ2n) is 2.61. The highest BCUT2D eigenvalue weighted by Gasteiger charge is 2.16. The van der Waals surface area contributed by atoms with Crippen LogP contribution >= 0.6 is 23.2 Å². The van der Waals surface area contributed by atoms with Crippen LogP contribution in [0.2, 0.25) is 10.0 Å². The quantitative estimate of drug-likeness (QED) is 0.658. The number of halogens is 3. The summed E-state index contributed by atoms with van der Waals surface area (Å²) in [6.07, 6.45) is 0. The van der Waals surface area contributed by atoms with Gasteiger partial charge in [-0.3, -0.25) is 0 Å². The Bertz CT molecular complexity index is 371. The van der Waals surface area contributed by atoms with Crippen molar-refractivity contribution < 1.29 is 4.39 Å². The Labute approximate surface area is 85.7 Å². The van der Waals surface area contributed by atoms with Gasteiger partial charge in [0.2, 0.25) is 0 Å². The molecule has 0 radical (unpaired) electrons. The van der Waals surface area contributed by atoms with Gasteiger partial charge < -0.3 is 0 Å². The predicted molar refractivity (Wildman–Crippen MR) is 50.4 cm³/mol. The van der Waals surface area contributed by atoms with E-state index in [1.54, 1.807) is 6.92 Å². The van der Waals surface area contributed by atoms with E-state index in [4.69, 9.17) is 28.5 Å². The molecule has 0 saturated carbocycles. The maximum Gasteiger partial charge on any atom is 0.142 e. The minimum Gasteiger partial charge on any atom is -0.205 e. The van der Waals surface area contributed by atoms with Gasteiger partial charge in [0.1, 0.15) is 5.82 Å². The third kappa shape index (κ3) is 1.93. The summed E-state index contributed by atoms with van der Waals surface area (Å²) in [6, 6.07) is 4.53. The number of nitrogens with zero attached hydrogens (tertiary/aromatic N) is 1. The van der Waals surface area contributed by atoms with Crippen LogP contribution in [-0.2, 0) is 0 Å². The molecular weight excluding hydrogens is 212 g/mol. The first-order valence-corrected chi connectivity index (χ1v) is 4.36. The Kier molecular flexibility index (Phi) is 3.13. The second kappa shape index (κ2) is 3.95.